The van der Waals surface area contributed by atoms with Crippen LogP contribution in [0.1, 0.15) is 35.1 Å². The largest absolute Gasteiger partial charge is 0.493 e. The van der Waals surface area contributed by atoms with Crippen LogP contribution in [-0.4, -0.2) is 27.5 Å². The van der Waals surface area contributed by atoms with Crippen molar-refractivity contribution in [3.63, 3.8) is 0 Å². The van der Waals surface area contributed by atoms with E-state index < -0.39 is 0 Å². The molecular weight excluding hydrogens is 430 g/mol. The third-order valence-electron chi connectivity index (χ3n) is 6.58. The Bertz CT molecular complexity index is 1240. The Morgan fingerprint density at radius 1 is 1.03 bits per heavy atom. The van der Waals surface area contributed by atoms with Crippen LogP contribution in [0, 0.1) is 0 Å². The second kappa shape index (κ2) is 8.68. The van der Waals surface area contributed by atoms with Gasteiger partial charge in [0.2, 0.25) is 6.73 Å². The highest BCUT2D eigenvalue weighted by molar-refractivity contribution is 6.33. The smallest absolute Gasteiger partial charge is 0.339 e. The van der Waals surface area contributed by atoms with E-state index in [4.69, 9.17) is 30.2 Å². The quantitative estimate of drug-likeness (QED) is 0.597. The molecule has 0 bridgehead atoms. The number of halogens is 1. The van der Waals surface area contributed by atoms with Crippen LogP contribution in [0.2, 0.25) is 5.02 Å². The van der Waals surface area contributed by atoms with Crippen molar-refractivity contribution < 1.29 is 23.5 Å². The average molecular weight is 457 g/mol. The Morgan fingerprint density at radius 2 is 1.81 bits per heavy atom. The zero-order chi connectivity index (χ0) is 22.2. The summed E-state index contributed by atoms with van der Waals surface area (Å²) in [7, 11) is 3.28. The van der Waals surface area contributed by atoms with E-state index in [1.54, 1.807) is 14.2 Å². The van der Waals surface area contributed by atoms with Crippen molar-refractivity contribution in [3.8, 4) is 17.2 Å². The van der Waals surface area contributed by atoms with Gasteiger partial charge in [0, 0.05) is 17.4 Å². The first-order valence-electron chi connectivity index (χ1n) is 11.1. The summed E-state index contributed by atoms with van der Waals surface area (Å²) in [5, 5.41) is 1.56. The zero-order valence-corrected chi connectivity index (χ0v) is 19.1. The molecule has 0 amide bonds. The summed E-state index contributed by atoms with van der Waals surface area (Å²) in [6.45, 7) is 2.07. The summed E-state index contributed by atoms with van der Waals surface area (Å²) in [5.74, 6) is 2.09. The highest BCUT2D eigenvalue weighted by atomic mass is 35.5. The molecular formula is C25H27ClNO5+. The molecule has 32 heavy (non-hydrogen) atoms. The normalized spacial score (nSPS) is 17.4. The Kier molecular flexibility index (Phi) is 5.74. The molecule has 0 saturated carbocycles. The number of hydrogen-bond donors (Lipinski definition) is 1. The van der Waals surface area contributed by atoms with E-state index in [2.05, 4.69) is 6.07 Å². The molecule has 1 aliphatic carbocycles. The summed E-state index contributed by atoms with van der Waals surface area (Å²) >= 11 is 6.61. The lowest BCUT2D eigenvalue weighted by molar-refractivity contribution is -0.932. The molecule has 3 aromatic rings. The summed E-state index contributed by atoms with van der Waals surface area (Å²) in [5.41, 5.74) is 4.40. The van der Waals surface area contributed by atoms with Gasteiger partial charge in [-0.15, -0.1) is 0 Å². The molecule has 2 aliphatic rings. The molecule has 1 unspecified atom stereocenters. The van der Waals surface area contributed by atoms with Gasteiger partial charge >= 0.3 is 5.63 Å². The van der Waals surface area contributed by atoms with E-state index in [0.29, 0.717) is 29.6 Å². The molecule has 2 heterocycles. The van der Waals surface area contributed by atoms with Crippen LogP contribution in [0.15, 0.2) is 33.5 Å². The van der Waals surface area contributed by atoms with E-state index in [1.807, 2.05) is 18.2 Å². The summed E-state index contributed by atoms with van der Waals surface area (Å²) in [6.07, 6.45) is 4.63. The van der Waals surface area contributed by atoms with Gasteiger partial charge in [-0.3, -0.25) is 4.90 Å². The molecule has 2 aromatic carbocycles. The summed E-state index contributed by atoms with van der Waals surface area (Å²) < 4.78 is 22.6. The molecule has 1 aliphatic heterocycles. The molecule has 1 aromatic heterocycles. The van der Waals surface area contributed by atoms with Crippen molar-refractivity contribution in [1.29, 1.82) is 0 Å². The fraction of sp³-hybridized carbons (Fsp3) is 0.400. The zero-order valence-electron chi connectivity index (χ0n) is 18.4. The van der Waals surface area contributed by atoms with Gasteiger partial charge in [0.1, 0.15) is 6.54 Å². The topological polar surface area (TPSA) is 62.3 Å². The van der Waals surface area contributed by atoms with E-state index in [0.717, 1.165) is 77.8 Å². The van der Waals surface area contributed by atoms with Crippen molar-refractivity contribution in [3.05, 3.63) is 62.0 Å². The van der Waals surface area contributed by atoms with Gasteiger partial charge < -0.3 is 18.6 Å². The maximum Gasteiger partial charge on any atom is 0.339 e. The third kappa shape index (κ3) is 3.71. The summed E-state index contributed by atoms with van der Waals surface area (Å²) in [4.78, 5) is 13.9. The number of aryl methyl sites for hydroxylation is 1. The predicted octanol–water partition coefficient (Wildman–Crippen LogP) is 3.32. The number of hydrogen-bond acceptors (Lipinski definition) is 5. The molecule has 168 valence electrons. The first-order valence-corrected chi connectivity index (χ1v) is 11.4. The van der Waals surface area contributed by atoms with E-state index >= 15 is 0 Å². The van der Waals surface area contributed by atoms with Gasteiger partial charge in [-0.25, -0.2) is 4.79 Å². The minimum atomic E-state index is -0.214. The van der Waals surface area contributed by atoms with Crippen LogP contribution in [0.3, 0.4) is 0 Å². The van der Waals surface area contributed by atoms with E-state index in [1.165, 1.54) is 4.90 Å². The van der Waals surface area contributed by atoms with E-state index in [-0.39, 0.29) is 5.63 Å². The number of nitrogens with one attached hydrogen (secondary N) is 1. The molecule has 5 rings (SSSR count). The van der Waals surface area contributed by atoms with E-state index in [9.17, 15) is 4.79 Å². The molecule has 0 radical (unpaired) electrons. The van der Waals surface area contributed by atoms with Gasteiger partial charge in [-0.05, 0) is 55.0 Å². The molecule has 1 atom stereocenters. The number of methoxy groups -OCH3 is 2. The maximum atomic E-state index is 12.7. The molecule has 1 N–H and O–H groups in total. The Morgan fingerprint density at radius 3 is 2.59 bits per heavy atom. The molecule has 6 nitrogen and oxygen atoms in total. The Balaban J connectivity index is 1.43. The lowest BCUT2D eigenvalue weighted by Gasteiger charge is -2.28. The maximum absolute atomic E-state index is 12.7. The van der Waals surface area contributed by atoms with Crippen LogP contribution in [0.4, 0.5) is 0 Å². The van der Waals surface area contributed by atoms with Crippen molar-refractivity contribution in [2.75, 3.05) is 27.5 Å². The number of benzene rings is 2. The van der Waals surface area contributed by atoms with Gasteiger partial charge in [-0.1, -0.05) is 17.7 Å². The monoisotopic (exact) mass is 456 g/mol. The number of ether oxygens (including phenoxy) is 3. The van der Waals surface area contributed by atoms with Crippen molar-refractivity contribution in [2.45, 2.75) is 38.6 Å². The second-order valence-electron chi connectivity index (χ2n) is 8.50. The number of fused-ring (bicyclic) bond motifs is 5. The van der Waals surface area contributed by atoms with Crippen LogP contribution >= 0.6 is 11.6 Å². The minimum Gasteiger partial charge on any atom is -0.493 e. The highest BCUT2D eigenvalue weighted by Gasteiger charge is 2.29. The second-order valence-corrected chi connectivity index (χ2v) is 8.91. The van der Waals surface area contributed by atoms with Gasteiger partial charge in [-0.2, -0.15) is 0 Å². The fourth-order valence-corrected chi connectivity index (χ4v) is 5.18. The fourth-order valence-electron chi connectivity index (χ4n) is 4.90. The Labute approximate surface area is 191 Å². The standard InChI is InChI=1S/C25H26ClNO5/c1-29-21-8-7-15(11-22(21)30-2)9-10-27-13-19-23-18(12-20(26)24(19)31-14-27)16-5-3-4-6-17(16)25(28)32-23/h7-8,11-12H,3-6,9-10,13-14H2,1-2H3/p+1. The van der Waals surface area contributed by atoms with Gasteiger partial charge in [0.15, 0.2) is 22.8 Å². The summed E-state index contributed by atoms with van der Waals surface area (Å²) in [6, 6.07) is 7.90. The molecule has 0 fully saturated rings. The van der Waals surface area contributed by atoms with Crippen molar-refractivity contribution >= 4 is 22.6 Å². The van der Waals surface area contributed by atoms with Crippen LogP contribution in [-0.2, 0) is 25.8 Å². The average Bonchev–Trinajstić information content (AvgIpc) is 2.83. The number of rotatable bonds is 5. The molecule has 7 heteroatoms. The third-order valence-corrected chi connectivity index (χ3v) is 6.86. The molecule has 0 spiro atoms. The van der Waals surface area contributed by atoms with Crippen molar-refractivity contribution in [2.24, 2.45) is 0 Å². The van der Waals surface area contributed by atoms with Gasteiger partial charge in [0.05, 0.1) is 31.4 Å². The highest BCUT2D eigenvalue weighted by Crippen LogP contribution is 2.39. The van der Waals surface area contributed by atoms with Crippen LogP contribution < -0.4 is 24.7 Å². The van der Waals surface area contributed by atoms with Crippen molar-refractivity contribution in [1.82, 2.24) is 0 Å². The number of quaternary nitrogens is 1. The van der Waals surface area contributed by atoms with Crippen LogP contribution in [0.25, 0.3) is 11.0 Å². The van der Waals surface area contributed by atoms with Gasteiger partial charge in [0.25, 0.3) is 0 Å². The Hall–Kier alpha value is -2.70. The first-order chi connectivity index (χ1) is 15.6. The lowest BCUT2D eigenvalue weighted by atomic mass is 9.90. The minimum absolute atomic E-state index is 0.214. The molecule has 0 saturated heterocycles. The SMILES string of the molecule is COc1ccc(CC[NH+]2COc3c(Cl)cc4c5c(c(=O)oc4c3C2)CCCC5)cc1OC. The lowest BCUT2D eigenvalue weighted by Crippen LogP contribution is -3.12. The first kappa shape index (κ1) is 21.2. The predicted molar refractivity (Wildman–Crippen MR) is 122 cm³/mol. The van der Waals surface area contributed by atoms with Crippen LogP contribution in [0.5, 0.6) is 17.2 Å².